The number of carbonyl (C=O) groups is 1. The molecule has 56 heavy (non-hydrogen) atoms. The Labute approximate surface area is 340 Å². The molecule has 3 heterocycles. The maximum absolute atomic E-state index is 12.8. The maximum atomic E-state index is 12.8. The third-order valence-corrected chi connectivity index (χ3v) is 14.0. The van der Waals surface area contributed by atoms with Gasteiger partial charge in [0.1, 0.15) is 11.5 Å². The fourth-order valence-corrected chi connectivity index (χ4v) is 10.5. The van der Waals surface area contributed by atoms with Gasteiger partial charge in [-0.3, -0.25) is 4.79 Å². The molecule has 1 amide bonds. The van der Waals surface area contributed by atoms with Gasteiger partial charge in [-0.05, 0) is 213 Å². The largest absolute Gasteiger partial charge is 0.497 e. The van der Waals surface area contributed by atoms with Crippen molar-refractivity contribution in [2.75, 3.05) is 79.7 Å². The molecule has 2 atom stereocenters. The molecule has 0 radical (unpaired) electrons. The first-order chi connectivity index (χ1) is 27.5. The summed E-state index contributed by atoms with van der Waals surface area (Å²) in [6.07, 6.45) is 19.6. The Morgan fingerprint density at radius 1 is 0.625 bits per heavy atom. The number of nitrogens with one attached hydrogen (secondary N) is 2. The monoisotopic (exact) mass is 772 g/mol. The van der Waals surface area contributed by atoms with Crippen molar-refractivity contribution < 1.29 is 14.3 Å². The molecule has 5 aliphatic rings. The molecule has 8 heteroatoms. The Balaban J connectivity index is 0.000000198. The summed E-state index contributed by atoms with van der Waals surface area (Å²) >= 11 is 0. The van der Waals surface area contributed by atoms with Gasteiger partial charge in [0.25, 0.3) is 0 Å². The van der Waals surface area contributed by atoms with E-state index in [1.165, 1.54) is 145 Å². The highest BCUT2D eigenvalue weighted by Crippen LogP contribution is 2.31. The zero-order chi connectivity index (χ0) is 39.1. The van der Waals surface area contributed by atoms with Crippen LogP contribution in [0, 0.1) is 17.8 Å². The molecule has 0 aromatic heterocycles. The van der Waals surface area contributed by atoms with Gasteiger partial charge in [0.15, 0.2) is 0 Å². The lowest BCUT2D eigenvalue weighted by Crippen LogP contribution is -2.45. The van der Waals surface area contributed by atoms with Crippen LogP contribution < -0.4 is 20.1 Å². The second kappa shape index (κ2) is 22.5. The van der Waals surface area contributed by atoms with E-state index in [4.69, 9.17) is 9.47 Å². The van der Waals surface area contributed by atoms with Crippen molar-refractivity contribution in [2.45, 2.75) is 129 Å². The number of hydrogen-bond donors (Lipinski definition) is 2. The van der Waals surface area contributed by atoms with E-state index in [1.54, 1.807) is 14.2 Å². The molecule has 3 saturated heterocycles. The van der Waals surface area contributed by atoms with E-state index < -0.39 is 0 Å². The van der Waals surface area contributed by atoms with Crippen LogP contribution in [0.1, 0.15) is 113 Å². The predicted octanol–water partition coefficient (Wildman–Crippen LogP) is 7.55. The van der Waals surface area contributed by atoms with Gasteiger partial charge in [-0.1, -0.05) is 26.0 Å². The second-order valence-electron chi connectivity index (χ2n) is 17.7. The van der Waals surface area contributed by atoms with Crippen LogP contribution in [-0.4, -0.2) is 112 Å². The highest BCUT2D eigenvalue weighted by atomic mass is 16.5. The first-order valence-electron chi connectivity index (χ1n) is 23.0. The number of piperidine rings is 3. The van der Waals surface area contributed by atoms with Crippen molar-refractivity contribution in [2.24, 2.45) is 17.8 Å². The van der Waals surface area contributed by atoms with Crippen molar-refractivity contribution in [1.29, 1.82) is 0 Å². The third-order valence-electron chi connectivity index (χ3n) is 14.0. The van der Waals surface area contributed by atoms with Gasteiger partial charge in [-0.25, -0.2) is 0 Å². The normalized spacial score (nSPS) is 22.3. The number of amides is 1. The maximum Gasteiger partial charge on any atom is 0.225 e. The van der Waals surface area contributed by atoms with E-state index in [0.29, 0.717) is 18.0 Å². The lowest BCUT2D eigenvalue weighted by atomic mass is 9.86. The summed E-state index contributed by atoms with van der Waals surface area (Å²) in [4.78, 5) is 20.6. The summed E-state index contributed by atoms with van der Waals surface area (Å²) in [6.45, 7) is 15.9. The van der Waals surface area contributed by atoms with E-state index in [2.05, 4.69) is 75.6 Å². The van der Waals surface area contributed by atoms with Crippen LogP contribution in [0.15, 0.2) is 36.4 Å². The van der Waals surface area contributed by atoms with Crippen molar-refractivity contribution >= 4 is 5.91 Å². The van der Waals surface area contributed by atoms with Gasteiger partial charge in [-0.2, -0.15) is 0 Å². The quantitative estimate of drug-likeness (QED) is 0.194. The molecule has 312 valence electrons. The van der Waals surface area contributed by atoms with Gasteiger partial charge >= 0.3 is 0 Å². The first kappa shape index (κ1) is 42.9. The molecule has 0 unspecified atom stereocenters. The lowest BCUT2D eigenvalue weighted by Gasteiger charge is -2.38. The Kier molecular flexibility index (Phi) is 17.2. The molecule has 2 aliphatic carbocycles. The van der Waals surface area contributed by atoms with E-state index in [0.717, 1.165) is 68.8 Å². The molecule has 0 saturated carbocycles. The Morgan fingerprint density at radius 3 is 1.55 bits per heavy atom. The van der Waals surface area contributed by atoms with E-state index in [9.17, 15) is 4.79 Å². The van der Waals surface area contributed by atoms with E-state index in [-0.39, 0.29) is 5.92 Å². The van der Waals surface area contributed by atoms with Crippen LogP contribution >= 0.6 is 0 Å². The molecule has 2 N–H and O–H groups in total. The van der Waals surface area contributed by atoms with Gasteiger partial charge in [-0.15, -0.1) is 0 Å². The highest BCUT2D eigenvalue weighted by molar-refractivity contribution is 5.79. The summed E-state index contributed by atoms with van der Waals surface area (Å²) < 4.78 is 10.9. The summed E-state index contributed by atoms with van der Waals surface area (Å²) in [5, 5.41) is 6.86. The Morgan fingerprint density at radius 2 is 1.09 bits per heavy atom. The van der Waals surface area contributed by atoms with E-state index in [1.807, 2.05) is 0 Å². The van der Waals surface area contributed by atoms with Gasteiger partial charge in [0.2, 0.25) is 5.91 Å². The number of fused-ring (bicyclic) bond motifs is 2. The zero-order valence-electron chi connectivity index (χ0n) is 35.8. The summed E-state index contributed by atoms with van der Waals surface area (Å²) in [5.41, 5.74) is 6.02. The first-order valence-corrected chi connectivity index (χ1v) is 23.0. The number of rotatable bonds is 15. The molecule has 0 bridgehead atoms. The standard InChI is InChI=1S/C27H43N3O2.C21H34N2O/c1-3-15-29(25-6-4-22-5-7-26(32-2)20-24(22)19-25)16-10-21-11-17-30(18-12-21)27(31)23-8-13-28-14-9-23;1-3-13-23(14-10-17-8-11-22-12-9-17)20-6-4-18-5-7-21(24-2)16-19(18)15-20/h5,7,20-21,23,25,28H,3-4,6,8-19H2,1-2H3;5,7,16-17,20,22H,3-4,6,8-15H2,1-2H3/t25-;20-/m11/s1. The molecule has 3 fully saturated rings. The van der Waals surface area contributed by atoms with Crippen molar-refractivity contribution in [3.63, 3.8) is 0 Å². The molecular weight excluding hydrogens is 695 g/mol. The van der Waals surface area contributed by atoms with Crippen LogP contribution in [0.25, 0.3) is 0 Å². The van der Waals surface area contributed by atoms with Crippen LogP contribution in [-0.2, 0) is 30.5 Å². The number of nitrogens with zero attached hydrogens (tertiary/aromatic N) is 3. The summed E-state index contributed by atoms with van der Waals surface area (Å²) in [6, 6.07) is 14.6. The van der Waals surface area contributed by atoms with Crippen LogP contribution in [0.4, 0.5) is 0 Å². The number of carbonyl (C=O) groups excluding carboxylic acids is 1. The average molecular weight is 772 g/mol. The van der Waals surface area contributed by atoms with Crippen LogP contribution in [0.2, 0.25) is 0 Å². The van der Waals surface area contributed by atoms with Gasteiger partial charge in [0, 0.05) is 31.1 Å². The fraction of sp³-hybridized carbons (Fsp3) is 0.729. The summed E-state index contributed by atoms with van der Waals surface area (Å²) in [5.74, 6) is 4.38. The topological polar surface area (TPSA) is 69.3 Å². The molecule has 8 nitrogen and oxygen atoms in total. The number of methoxy groups -OCH3 is 2. The van der Waals surface area contributed by atoms with Crippen molar-refractivity contribution in [3.05, 3.63) is 58.7 Å². The Hall–Kier alpha value is -2.65. The SMILES string of the molecule is CCCN(CCC1CCN(C(=O)C2CCNCC2)CC1)[C@@H]1CCc2ccc(OC)cc2C1.CCCN(CCC1CCNCC1)[C@@H]1CCc2ccc(OC)cc2C1. The molecule has 0 spiro atoms. The smallest absolute Gasteiger partial charge is 0.225 e. The number of aryl methyl sites for hydroxylation is 2. The fourth-order valence-electron chi connectivity index (χ4n) is 10.5. The number of hydrogen-bond acceptors (Lipinski definition) is 7. The molecule has 2 aromatic carbocycles. The lowest BCUT2D eigenvalue weighted by molar-refractivity contribution is -0.137. The molecule has 3 aliphatic heterocycles. The van der Waals surface area contributed by atoms with Crippen LogP contribution in [0.5, 0.6) is 11.5 Å². The minimum Gasteiger partial charge on any atom is -0.497 e. The molecule has 2 aromatic rings. The van der Waals surface area contributed by atoms with Crippen LogP contribution in [0.3, 0.4) is 0 Å². The average Bonchev–Trinajstić information content (AvgIpc) is 3.26. The van der Waals surface area contributed by atoms with E-state index >= 15 is 0 Å². The second-order valence-corrected chi connectivity index (χ2v) is 17.7. The number of likely N-dealkylation sites (tertiary alicyclic amines) is 1. The van der Waals surface area contributed by atoms with Gasteiger partial charge in [0.05, 0.1) is 14.2 Å². The van der Waals surface area contributed by atoms with Crippen molar-refractivity contribution in [1.82, 2.24) is 25.3 Å². The highest BCUT2D eigenvalue weighted by Gasteiger charge is 2.31. The Bertz CT molecular complexity index is 1460. The zero-order valence-corrected chi connectivity index (χ0v) is 35.8. The third kappa shape index (κ3) is 12.2. The minimum atomic E-state index is 0.264. The molecular formula is C48H77N5O3. The predicted molar refractivity (Wildman–Crippen MR) is 231 cm³/mol. The number of ether oxygens (including phenoxy) is 2. The number of benzene rings is 2. The van der Waals surface area contributed by atoms with Crippen molar-refractivity contribution in [3.8, 4) is 11.5 Å². The molecule has 7 rings (SSSR count). The van der Waals surface area contributed by atoms with Gasteiger partial charge < -0.3 is 34.8 Å². The summed E-state index contributed by atoms with van der Waals surface area (Å²) in [7, 11) is 3.53. The minimum absolute atomic E-state index is 0.264.